The van der Waals surface area contributed by atoms with Gasteiger partial charge in [-0.1, -0.05) is 12.1 Å². The highest BCUT2D eigenvalue weighted by Gasteiger charge is 2.09. The van der Waals surface area contributed by atoms with Gasteiger partial charge < -0.3 is 15.8 Å². The van der Waals surface area contributed by atoms with E-state index >= 15 is 0 Å². The van der Waals surface area contributed by atoms with Crippen LogP contribution in [-0.4, -0.2) is 22.8 Å². The summed E-state index contributed by atoms with van der Waals surface area (Å²) < 4.78 is 5.65. The molecule has 24 heavy (non-hydrogen) atoms. The highest BCUT2D eigenvalue weighted by molar-refractivity contribution is 7.09. The molecule has 2 rings (SSSR count). The predicted octanol–water partition coefficient (Wildman–Crippen LogP) is 2.03. The van der Waals surface area contributed by atoms with Crippen molar-refractivity contribution < 1.29 is 14.3 Å². The Morgan fingerprint density at radius 2 is 2.08 bits per heavy atom. The molecule has 0 fully saturated rings. The monoisotopic (exact) mass is 345 g/mol. The number of carbonyl (C=O) groups excluding carboxylic acids is 2. The van der Waals surface area contributed by atoms with Gasteiger partial charge in [-0.25, -0.2) is 4.98 Å². The first kappa shape index (κ1) is 17.7. The lowest BCUT2D eigenvalue weighted by Crippen LogP contribution is -2.41. The van der Waals surface area contributed by atoms with Crippen LogP contribution in [-0.2, 0) is 16.2 Å². The summed E-state index contributed by atoms with van der Waals surface area (Å²) in [6.45, 7) is 3.91. The molecule has 0 aliphatic carbocycles. The normalized spacial score (nSPS) is 12.1. The molecule has 0 bridgehead atoms. The number of rotatable bonds is 7. The van der Waals surface area contributed by atoms with E-state index in [1.165, 1.54) is 13.0 Å². The van der Waals surface area contributed by atoms with Crippen molar-refractivity contribution in [3.8, 4) is 5.75 Å². The largest absolute Gasteiger partial charge is 0.487 e. The Morgan fingerprint density at radius 3 is 2.67 bits per heavy atom. The third kappa shape index (κ3) is 5.51. The minimum absolute atomic E-state index is 0.375. The number of hydrogen-bond donors (Lipinski definition) is 2. The first-order valence-electron chi connectivity index (χ1n) is 7.36. The van der Waals surface area contributed by atoms with Gasteiger partial charge in [-0.2, -0.15) is 0 Å². The molecule has 2 aromatic rings. The highest BCUT2D eigenvalue weighted by Crippen LogP contribution is 2.16. The Labute approximate surface area is 144 Å². The minimum Gasteiger partial charge on any atom is -0.487 e. The second-order valence-corrected chi connectivity index (χ2v) is 6.24. The van der Waals surface area contributed by atoms with Gasteiger partial charge in [0.2, 0.25) is 11.8 Å². The van der Waals surface area contributed by atoms with Crippen molar-refractivity contribution in [3.63, 3.8) is 0 Å². The molecule has 7 heteroatoms. The molecule has 1 atom stereocenters. The zero-order valence-electron chi connectivity index (χ0n) is 13.5. The van der Waals surface area contributed by atoms with Crippen LogP contribution in [0.3, 0.4) is 0 Å². The van der Waals surface area contributed by atoms with E-state index in [2.05, 4.69) is 10.3 Å². The van der Waals surface area contributed by atoms with Gasteiger partial charge in [0.15, 0.2) is 0 Å². The van der Waals surface area contributed by atoms with Crippen molar-refractivity contribution in [2.75, 3.05) is 0 Å². The van der Waals surface area contributed by atoms with Crippen LogP contribution in [0.2, 0.25) is 0 Å². The van der Waals surface area contributed by atoms with Gasteiger partial charge in [0.05, 0.1) is 10.7 Å². The number of ether oxygens (including phenoxy) is 1. The van der Waals surface area contributed by atoms with Crippen molar-refractivity contribution in [1.29, 1.82) is 0 Å². The summed E-state index contributed by atoms with van der Waals surface area (Å²) in [6, 6.07) is 6.62. The van der Waals surface area contributed by atoms with Gasteiger partial charge in [-0.3, -0.25) is 9.59 Å². The number of carbonyl (C=O) groups is 2. The summed E-state index contributed by atoms with van der Waals surface area (Å²) in [5.74, 6) is -0.223. The van der Waals surface area contributed by atoms with Crippen molar-refractivity contribution in [2.24, 2.45) is 5.73 Å². The molecule has 0 radical (unpaired) electrons. The maximum atomic E-state index is 11.6. The predicted molar refractivity (Wildman–Crippen MR) is 93.5 cm³/mol. The summed E-state index contributed by atoms with van der Waals surface area (Å²) in [5, 5.41) is 5.45. The fourth-order valence-electron chi connectivity index (χ4n) is 1.81. The zero-order valence-corrected chi connectivity index (χ0v) is 14.3. The van der Waals surface area contributed by atoms with E-state index in [0.29, 0.717) is 6.61 Å². The lowest BCUT2D eigenvalue weighted by Gasteiger charge is -2.07. The third-order valence-electron chi connectivity index (χ3n) is 3.15. The van der Waals surface area contributed by atoms with Gasteiger partial charge in [0.25, 0.3) is 0 Å². The van der Waals surface area contributed by atoms with Crippen molar-refractivity contribution in [2.45, 2.75) is 26.5 Å². The molecule has 0 aliphatic heterocycles. The molecule has 1 unspecified atom stereocenters. The number of nitrogens with one attached hydrogen (secondary N) is 1. The highest BCUT2D eigenvalue weighted by atomic mass is 32.1. The smallest absolute Gasteiger partial charge is 0.244 e. The van der Waals surface area contributed by atoms with Crippen LogP contribution in [0.5, 0.6) is 5.75 Å². The number of primary amides is 1. The molecule has 1 heterocycles. The number of aromatic nitrogens is 1. The summed E-state index contributed by atoms with van der Waals surface area (Å²) in [5.41, 5.74) is 6.83. The Balaban J connectivity index is 1.86. The summed E-state index contributed by atoms with van der Waals surface area (Å²) in [6.07, 6.45) is 3.00. The fourth-order valence-corrected chi connectivity index (χ4v) is 2.41. The molecule has 1 aromatic heterocycles. The van der Waals surface area contributed by atoms with Gasteiger partial charge in [0.1, 0.15) is 18.4 Å². The number of hydrogen-bond acceptors (Lipinski definition) is 5. The number of nitrogens with two attached hydrogens (primary N) is 1. The lowest BCUT2D eigenvalue weighted by atomic mass is 10.2. The lowest BCUT2D eigenvalue weighted by molar-refractivity contribution is -0.124. The van der Waals surface area contributed by atoms with Gasteiger partial charge >= 0.3 is 0 Å². The first-order chi connectivity index (χ1) is 11.4. The summed E-state index contributed by atoms with van der Waals surface area (Å²) in [4.78, 5) is 26.8. The number of benzene rings is 1. The molecule has 6 nitrogen and oxygen atoms in total. The molecule has 0 aliphatic rings. The molecule has 0 saturated carbocycles. The topological polar surface area (TPSA) is 94.3 Å². The molecular formula is C17H19N3O3S. The molecule has 0 spiro atoms. The van der Waals surface area contributed by atoms with Crippen molar-refractivity contribution in [3.05, 3.63) is 52.0 Å². The maximum Gasteiger partial charge on any atom is 0.244 e. The SMILES string of the molecule is Cc1nc(COc2ccc(/C=C/C(=O)NC(C)C(N)=O)cc2)cs1. The van der Waals surface area contributed by atoms with E-state index in [0.717, 1.165) is 22.0 Å². The average Bonchev–Trinajstić information content (AvgIpc) is 2.97. The standard InChI is InChI=1S/C17H19N3O3S/c1-11(17(18)22)19-16(21)8-5-13-3-6-15(7-4-13)23-9-14-10-24-12(2)20-14/h3-8,10-11H,9H2,1-2H3,(H2,18,22)(H,19,21)/b8-5+. The molecule has 1 aromatic carbocycles. The van der Waals surface area contributed by atoms with E-state index in [-0.39, 0.29) is 5.91 Å². The Kier molecular flexibility index (Phi) is 6.08. The van der Waals surface area contributed by atoms with Gasteiger partial charge in [0, 0.05) is 11.5 Å². The summed E-state index contributed by atoms with van der Waals surface area (Å²) in [7, 11) is 0. The van der Waals surface area contributed by atoms with Gasteiger partial charge in [-0.05, 0) is 37.6 Å². The van der Waals surface area contributed by atoms with Crippen LogP contribution in [0.25, 0.3) is 6.08 Å². The summed E-state index contributed by atoms with van der Waals surface area (Å²) >= 11 is 1.59. The molecule has 2 amide bonds. The quantitative estimate of drug-likeness (QED) is 0.751. The molecule has 0 saturated heterocycles. The number of thiazole rings is 1. The first-order valence-corrected chi connectivity index (χ1v) is 8.24. The second kappa shape index (κ2) is 8.26. The van der Waals surface area contributed by atoms with Crippen LogP contribution in [0.1, 0.15) is 23.2 Å². The van der Waals surface area contributed by atoms with E-state index in [4.69, 9.17) is 10.5 Å². The van der Waals surface area contributed by atoms with E-state index in [9.17, 15) is 9.59 Å². The molecule has 126 valence electrons. The van der Waals surface area contributed by atoms with Crippen LogP contribution >= 0.6 is 11.3 Å². The Morgan fingerprint density at radius 1 is 1.38 bits per heavy atom. The minimum atomic E-state index is -0.702. The van der Waals surface area contributed by atoms with Crippen LogP contribution < -0.4 is 15.8 Å². The van der Waals surface area contributed by atoms with E-state index < -0.39 is 11.9 Å². The Hall–Kier alpha value is -2.67. The maximum absolute atomic E-state index is 11.6. The second-order valence-electron chi connectivity index (χ2n) is 5.18. The van der Waals surface area contributed by atoms with Crippen LogP contribution in [0.15, 0.2) is 35.7 Å². The van der Waals surface area contributed by atoms with Gasteiger partial charge in [-0.15, -0.1) is 11.3 Å². The number of nitrogens with zero attached hydrogens (tertiary/aromatic N) is 1. The number of aryl methyl sites for hydroxylation is 1. The van der Waals surface area contributed by atoms with Crippen LogP contribution in [0.4, 0.5) is 0 Å². The Bertz CT molecular complexity index is 738. The molecule has 3 N–H and O–H groups in total. The number of amides is 2. The zero-order chi connectivity index (χ0) is 17.5. The van der Waals surface area contributed by atoms with Crippen molar-refractivity contribution in [1.82, 2.24) is 10.3 Å². The van der Waals surface area contributed by atoms with Crippen molar-refractivity contribution >= 4 is 29.2 Å². The average molecular weight is 345 g/mol. The third-order valence-corrected chi connectivity index (χ3v) is 3.97. The fraction of sp³-hybridized carbons (Fsp3) is 0.235. The van der Waals surface area contributed by atoms with E-state index in [1.54, 1.807) is 17.4 Å². The van der Waals surface area contributed by atoms with Crippen LogP contribution in [0, 0.1) is 6.92 Å². The molecular weight excluding hydrogens is 326 g/mol. The van der Waals surface area contributed by atoms with E-state index in [1.807, 2.05) is 36.6 Å².